The van der Waals surface area contributed by atoms with E-state index in [9.17, 15) is 8.42 Å². The van der Waals surface area contributed by atoms with Crippen LogP contribution >= 0.6 is 11.6 Å². The third kappa shape index (κ3) is 7.00. The average molecular weight is 624 g/mol. The van der Waals surface area contributed by atoms with Gasteiger partial charge in [0.25, 0.3) is 0 Å². The van der Waals surface area contributed by atoms with E-state index < -0.39 is 31.0 Å². The summed E-state index contributed by atoms with van der Waals surface area (Å²) in [5.41, 5.74) is 0.929. The van der Waals surface area contributed by atoms with Crippen LogP contribution in [0.15, 0.2) is 48.7 Å². The molecule has 3 aromatic rings. The third-order valence-electron chi connectivity index (χ3n) is 7.43. The Morgan fingerprint density at radius 2 is 1.83 bits per heavy atom. The topological polar surface area (TPSA) is 106 Å². The van der Waals surface area contributed by atoms with Gasteiger partial charge in [0.1, 0.15) is 10.8 Å². The quantitative estimate of drug-likeness (QED) is 0.360. The number of hydrogen-bond acceptors (Lipinski definition) is 10. The van der Waals surface area contributed by atoms with Crippen LogP contribution in [0, 0.1) is 0 Å². The van der Waals surface area contributed by atoms with E-state index >= 15 is 0 Å². The SMILES string of the molecule is [2H]C([2H])([2H])Oc1cc(N2CCC(N3CCN(C([2H])([2H])[2H])CC3)CC2)ccc1Nc1ncc(Cl)c(Nc2ccccc2N(C([2H])([2H])[2H])S(C)(=O)=O)n1. The first-order valence-electron chi connectivity index (χ1n) is 17.9. The fourth-order valence-electron chi connectivity index (χ4n) is 5.17. The lowest BCUT2D eigenvalue weighted by Gasteiger charge is -2.42. The Bertz CT molecular complexity index is 1800. The van der Waals surface area contributed by atoms with E-state index in [1.807, 2.05) is 6.07 Å². The maximum atomic E-state index is 12.5. The second-order valence-electron chi connectivity index (χ2n) is 10.2. The Hall–Kier alpha value is -3.32. The van der Waals surface area contributed by atoms with E-state index in [2.05, 4.69) is 30.4 Å². The van der Waals surface area contributed by atoms with Crippen molar-refractivity contribution in [3.63, 3.8) is 0 Å². The van der Waals surface area contributed by atoms with Gasteiger partial charge in [0, 0.05) is 72.3 Å². The van der Waals surface area contributed by atoms with Gasteiger partial charge >= 0.3 is 0 Å². The van der Waals surface area contributed by atoms with Crippen LogP contribution in [-0.2, 0) is 10.0 Å². The number of piperidine rings is 1. The molecule has 1 aromatic heterocycles. The molecule has 0 spiro atoms. The lowest BCUT2D eigenvalue weighted by Crippen LogP contribution is -2.52. The van der Waals surface area contributed by atoms with Gasteiger partial charge < -0.3 is 25.2 Å². The molecule has 0 atom stereocenters. The maximum Gasteiger partial charge on any atom is 0.232 e. The molecule has 0 aliphatic carbocycles. The number of halogens is 1. The molecular formula is C29H39ClN8O3S. The van der Waals surface area contributed by atoms with Crippen molar-refractivity contribution in [1.29, 1.82) is 0 Å². The molecule has 2 aliphatic rings. The third-order valence-corrected chi connectivity index (χ3v) is 8.57. The first-order chi connectivity index (χ1) is 23.7. The summed E-state index contributed by atoms with van der Waals surface area (Å²) in [4.78, 5) is 14.6. The molecule has 5 rings (SSSR count). The molecule has 42 heavy (non-hydrogen) atoms. The molecule has 13 heteroatoms. The van der Waals surface area contributed by atoms with Crippen LogP contribution < -0.4 is 24.6 Å². The van der Waals surface area contributed by atoms with E-state index in [4.69, 9.17) is 28.7 Å². The van der Waals surface area contributed by atoms with Crippen molar-refractivity contribution in [2.24, 2.45) is 0 Å². The molecule has 2 saturated heterocycles. The zero-order chi connectivity index (χ0) is 37.4. The summed E-state index contributed by atoms with van der Waals surface area (Å²) in [5, 5.41) is 5.90. The van der Waals surface area contributed by atoms with Crippen LogP contribution in [0.5, 0.6) is 5.75 Å². The minimum absolute atomic E-state index is 0.0122. The fourth-order valence-corrected chi connectivity index (χ4v) is 5.82. The van der Waals surface area contributed by atoms with Crippen molar-refractivity contribution in [2.45, 2.75) is 18.9 Å². The minimum Gasteiger partial charge on any atom is -0.494 e. The molecule has 226 valence electrons. The Kier molecular flexibility index (Phi) is 6.32. The van der Waals surface area contributed by atoms with Gasteiger partial charge in [-0.25, -0.2) is 13.4 Å². The molecule has 0 saturated carbocycles. The smallest absolute Gasteiger partial charge is 0.232 e. The van der Waals surface area contributed by atoms with Gasteiger partial charge in [-0.2, -0.15) is 4.98 Å². The average Bonchev–Trinajstić information content (AvgIpc) is 3.02. The van der Waals surface area contributed by atoms with Crippen LogP contribution in [0.25, 0.3) is 0 Å². The Morgan fingerprint density at radius 1 is 1.05 bits per heavy atom. The molecule has 2 fully saturated rings. The summed E-state index contributed by atoms with van der Waals surface area (Å²) in [6.45, 7) is -1.31. The standard InChI is InChI=1S/C29H39ClN8O3S/c1-35-15-17-38(18-16-35)21-11-13-37(14-12-21)22-9-10-25(27(19-22)41-3)33-29-31-20-23(30)28(34-29)32-24-7-5-6-8-26(24)36(2)42(4,39)40/h5-10,19-21H,11-18H2,1-4H3,(H2,31,32,33,34)/i1D3,2D3,3D3. The number of sulfonamides is 1. The zero-order valence-corrected chi connectivity index (χ0v) is 24.6. The van der Waals surface area contributed by atoms with Gasteiger partial charge in [-0.05, 0) is 44.1 Å². The molecule has 3 heterocycles. The van der Waals surface area contributed by atoms with Gasteiger partial charge in [0.05, 0.1) is 40.7 Å². The molecular weight excluding hydrogens is 576 g/mol. The number of likely N-dealkylation sites (N-methyl/N-ethyl adjacent to an activating group) is 1. The summed E-state index contributed by atoms with van der Waals surface area (Å²) < 4.78 is 100. The van der Waals surface area contributed by atoms with Crippen molar-refractivity contribution in [2.75, 3.05) is 86.4 Å². The highest BCUT2D eigenvalue weighted by atomic mass is 35.5. The van der Waals surface area contributed by atoms with Crippen molar-refractivity contribution >= 4 is 56.1 Å². The van der Waals surface area contributed by atoms with E-state index in [0.717, 1.165) is 24.8 Å². The number of benzene rings is 2. The highest BCUT2D eigenvalue weighted by Gasteiger charge is 2.27. The lowest BCUT2D eigenvalue weighted by molar-refractivity contribution is 0.0982. The Balaban J connectivity index is 1.33. The van der Waals surface area contributed by atoms with Crippen LogP contribution in [-0.4, -0.2) is 101 Å². The molecule has 2 aliphatic heterocycles. The van der Waals surface area contributed by atoms with Crippen molar-refractivity contribution in [3.8, 4) is 5.75 Å². The Labute approximate surface area is 266 Å². The highest BCUT2D eigenvalue weighted by Crippen LogP contribution is 2.35. The largest absolute Gasteiger partial charge is 0.494 e. The molecule has 11 nitrogen and oxygen atoms in total. The molecule has 0 amide bonds. The number of piperazine rings is 1. The predicted molar refractivity (Wildman–Crippen MR) is 171 cm³/mol. The second kappa shape index (κ2) is 12.9. The molecule has 0 bridgehead atoms. The van der Waals surface area contributed by atoms with E-state index in [0.29, 0.717) is 49.6 Å². The summed E-state index contributed by atoms with van der Waals surface area (Å²) in [7, 11) is -7.00. The number of ether oxygens (including phenoxy) is 1. The van der Waals surface area contributed by atoms with Crippen LogP contribution in [0.1, 0.15) is 25.2 Å². The number of anilines is 6. The normalized spacial score (nSPS) is 21.3. The van der Waals surface area contributed by atoms with E-state index in [-0.39, 0.29) is 39.6 Å². The minimum atomic E-state index is -4.23. The van der Waals surface area contributed by atoms with Crippen molar-refractivity contribution in [1.82, 2.24) is 19.8 Å². The van der Waals surface area contributed by atoms with Crippen LogP contribution in [0.2, 0.25) is 5.02 Å². The second-order valence-corrected chi connectivity index (χ2v) is 12.4. The maximum absolute atomic E-state index is 12.5. The van der Waals surface area contributed by atoms with Crippen LogP contribution in [0.3, 0.4) is 0 Å². The number of nitrogens with one attached hydrogen (secondary N) is 2. The van der Waals surface area contributed by atoms with Crippen molar-refractivity contribution < 1.29 is 25.5 Å². The summed E-state index contributed by atoms with van der Waals surface area (Å²) in [6.07, 6.45) is 3.77. The molecule has 0 radical (unpaired) electrons. The summed E-state index contributed by atoms with van der Waals surface area (Å²) in [6, 6.07) is 11.3. The highest BCUT2D eigenvalue weighted by molar-refractivity contribution is 7.92. The van der Waals surface area contributed by atoms with Gasteiger partial charge in [0.2, 0.25) is 16.0 Å². The molecule has 2 aromatic carbocycles. The zero-order valence-electron chi connectivity index (χ0n) is 32.0. The molecule has 2 N–H and O–H groups in total. The van der Waals surface area contributed by atoms with Gasteiger partial charge in [-0.1, -0.05) is 23.7 Å². The first kappa shape index (κ1) is 20.6. The van der Waals surface area contributed by atoms with E-state index in [1.165, 1.54) is 29.3 Å². The van der Waals surface area contributed by atoms with E-state index in [1.54, 1.807) is 18.2 Å². The van der Waals surface area contributed by atoms with Crippen LogP contribution in [0.4, 0.5) is 34.5 Å². The van der Waals surface area contributed by atoms with Crippen molar-refractivity contribution in [3.05, 3.63) is 53.7 Å². The Morgan fingerprint density at radius 3 is 2.55 bits per heavy atom. The number of nitrogens with zero attached hydrogens (tertiary/aromatic N) is 6. The number of aromatic nitrogens is 2. The lowest BCUT2D eigenvalue weighted by atomic mass is 10.0. The monoisotopic (exact) mass is 623 g/mol. The summed E-state index contributed by atoms with van der Waals surface area (Å²) >= 11 is 6.38. The predicted octanol–water partition coefficient (Wildman–Crippen LogP) is 4.24. The van der Waals surface area contributed by atoms with Gasteiger partial charge in [-0.3, -0.25) is 9.21 Å². The number of methoxy groups -OCH3 is 1. The summed E-state index contributed by atoms with van der Waals surface area (Å²) in [5.74, 6) is 0.0196. The van der Waals surface area contributed by atoms with Gasteiger partial charge in [0.15, 0.2) is 5.82 Å². The van der Waals surface area contributed by atoms with Gasteiger partial charge in [-0.15, -0.1) is 0 Å². The number of rotatable bonds is 9. The fraction of sp³-hybridized carbons (Fsp3) is 0.448. The number of hydrogen-bond donors (Lipinski definition) is 2. The first-order valence-corrected chi connectivity index (χ1v) is 15.6. The molecule has 0 unspecified atom stereocenters. The number of para-hydroxylation sites is 2.